The van der Waals surface area contributed by atoms with E-state index in [-0.39, 0.29) is 11.8 Å². The van der Waals surface area contributed by atoms with Crippen LogP contribution in [-0.2, 0) is 20.3 Å². The molecule has 166 valence electrons. The van der Waals surface area contributed by atoms with Crippen LogP contribution in [0.25, 0.3) is 11.4 Å². The van der Waals surface area contributed by atoms with E-state index in [9.17, 15) is 8.42 Å². The van der Waals surface area contributed by atoms with Crippen molar-refractivity contribution in [3.05, 3.63) is 53.6 Å². The Morgan fingerprint density at radius 1 is 1.13 bits per heavy atom. The molecule has 0 N–H and O–H groups in total. The molecule has 31 heavy (non-hydrogen) atoms. The Bertz CT molecular complexity index is 1110. The molecule has 0 spiro atoms. The van der Waals surface area contributed by atoms with E-state index in [1.54, 1.807) is 44.0 Å². The average Bonchev–Trinajstić information content (AvgIpc) is 3.17. The molecule has 11 heteroatoms. The van der Waals surface area contributed by atoms with Crippen LogP contribution in [0.3, 0.4) is 0 Å². The Hall–Kier alpha value is -2.43. The molecule has 9 nitrogen and oxygen atoms in total. The highest BCUT2D eigenvalue weighted by Gasteiger charge is 2.32. The van der Waals surface area contributed by atoms with Crippen LogP contribution >= 0.6 is 11.6 Å². The lowest BCUT2D eigenvalue weighted by molar-refractivity contribution is 0.161. The molecule has 0 amide bonds. The lowest BCUT2D eigenvalue weighted by Gasteiger charge is -2.21. The molecule has 3 aromatic rings. The quantitative estimate of drug-likeness (QED) is 0.474. The highest BCUT2D eigenvalue weighted by atomic mass is 35.5. The van der Waals surface area contributed by atoms with E-state index in [4.69, 9.17) is 16.3 Å². The lowest BCUT2D eigenvalue weighted by atomic mass is 10.1. The molecule has 0 unspecified atom stereocenters. The molecule has 0 saturated heterocycles. The SMILES string of the molecule is COC[C@@H](C)n1c(CS(=O)(=O)[C@@H](C)[C@H](C)c2ncc(Cl)cn2)nnc1-c1cccnc1. The minimum Gasteiger partial charge on any atom is -0.383 e. The van der Waals surface area contributed by atoms with E-state index in [2.05, 4.69) is 25.1 Å². The van der Waals surface area contributed by atoms with Crippen molar-refractivity contribution in [3.8, 4) is 11.4 Å². The van der Waals surface area contributed by atoms with Gasteiger partial charge in [-0.25, -0.2) is 18.4 Å². The summed E-state index contributed by atoms with van der Waals surface area (Å²) >= 11 is 5.84. The van der Waals surface area contributed by atoms with Crippen molar-refractivity contribution in [2.45, 2.75) is 43.7 Å². The van der Waals surface area contributed by atoms with E-state index < -0.39 is 21.0 Å². The van der Waals surface area contributed by atoms with Gasteiger partial charge in [0.1, 0.15) is 17.4 Å². The van der Waals surface area contributed by atoms with Crippen molar-refractivity contribution in [1.29, 1.82) is 0 Å². The number of aromatic nitrogens is 6. The van der Waals surface area contributed by atoms with Crippen molar-refractivity contribution >= 4 is 21.4 Å². The summed E-state index contributed by atoms with van der Waals surface area (Å²) in [5.74, 6) is 0.621. The van der Waals surface area contributed by atoms with Gasteiger partial charge in [0, 0.05) is 43.4 Å². The topological polar surface area (TPSA) is 113 Å². The van der Waals surface area contributed by atoms with Gasteiger partial charge in [-0.05, 0) is 26.0 Å². The Morgan fingerprint density at radius 3 is 2.45 bits per heavy atom. The third-order valence-electron chi connectivity index (χ3n) is 5.18. The Morgan fingerprint density at radius 2 is 1.84 bits per heavy atom. The zero-order valence-corrected chi connectivity index (χ0v) is 19.4. The van der Waals surface area contributed by atoms with Crippen LogP contribution in [0.2, 0.25) is 5.02 Å². The van der Waals surface area contributed by atoms with Gasteiger partial charge in [0.15, 0.2) is 15.7 Å². The van der Waals surface area contributed by atoms with E-state index in [0.29, 0.717) is 29.1 Å². The highest BCUT2D eigenvalue weighted by Crippen LogP contribution is 2.27. The van der Waals surface area contributed by atoms with E-state index in [0.717, 1.165) is 5.56 Å². The molecule has 0 saturated carbocycles. The maximum absolute atomic E-state index is 13.3. The van der Waals surface area contributed by atoms with Gasteiger partial charge in [-0.2, -0.15) is 0 Å². The van der Waals surface area contributed by atoms with Gasteiger partial charge in [0.25, 0.3) is 0 Å². The Kier molecular flexibility index (Phi) is 7.34. The molecule has 0 aliphatic carbocycles. The minimum absolute atomic E-state index is 0.173. The van der Waals surface area contributed by atoms with Gasteiger partial charge < -0.3 is 9.30 Å². The van der Waals surface area contributed by atoms with Gasteiger partial charge in [0.05, 0.1) is 22.9 Å². The molecule has 0 radical (unpaired) electrons. The summed E-state index contributed by atoms with van der Waals surface area (Å²) in [5, 5.41) is 8.13. The van der Waals surface area contributed by atoms with Crippen LogP contribution in [0.5, 0.6) is 0 Å². The molecule has 0 bridgehead atoms. The van der Waals surface area contributed by atoms with Crippen LogP contribution in [0.1, 0.15) is 44.4 Å². The van der Waals surface area contributed by atoms with E-state index in [1.807, 2.05) is 13.0 Å². The normalized spacial score (nSPS) is 14.9. The van der Waals surface area contributed by atoms with Crippen molar-refractivity contribution in [1.82, 2.24) is 29.7 Å². The molecule has 0 aliphatic heterocycles. The molecule has 3 atom stereocenters. The number of nitrogens with zero attached hydrogens (tertiary/aromatic N) is 6. The molecule has 0 fully saturated rings. The number of rotatable bonds is 9. The maximum atomic E-state index is 13.3. The number of methoxy groups -OCH3 is 1. The monoisotopic (exact) mass is 464 g/mol. The second kappa shape index (κ2) is 9.80. The molecule has 3 rings (SSSR count). The number of pyridine rings is 1. The van der Waals surface area contributed by atoms with Crippen LogP contribution in [0, 0.1) is 0 Å². The number of hydrogen-bond donors (Lipinski definition) is 0. The first-order valence-electron chi connectivity index (χ1n) is 9.76. The maximum Gasteiger partial charge on any atom is 0.165 e. The first-order valence-corrected chi connectivity index (χ1v) is 11.9. The smallest absolute Gasteiger partial charge is 0.165 e. The predicted octanol–water partition coefficient (Wildman–Crippen LogP) is 3.10. The first-order chi connectivity index (χ1) is 14.7. The number of hydrogen-bond acceptors (Lipinski definition) is 8. The van der Waals surface area contributed by atoms with Gasteiger partial charge >= 0.3 is 0 Å². The van der Waals surface area contributed by atoms with Crippen LogP contribution in [0.4, 0.5) is 0 Å². The summed E-state index contributed by atoms with van der Waals surface area (Å²) in [6.07, 6.45) is 6.25. The lowest BCUT2D eigenvalue weighted by Crippen LogP contribution is -2.28. The van der Waals surface area contributed by atoms with Crippen LogP contribution in [-0.4, -0.2) is 57.1 Å². The third kappa shape index (κ3) is 5.25. The van der Waals surface area contributed by atoms with Crippen molar-refractivity contribution in [2.75, 3.05) is 13.7 Å². The molecular weight excluding hydrogens is 440 g/mol. The van der Waals surface area contributed by atoms with E-state index >= 15 is 0 Å². The minimum atomic E-state index is -3.60. The van der Waals surface area contributed by atoms with Crippen LogP contribution < -0.4 is 0 Å². The second-order valence-corrected chi connectivity index (χ2v) is 10.2. The van der Waals surface area contributed by atoms with Gasteiger partial charge in [-0.15, -0.1) is 10.2 Å². The largest absolute Gasteiger partial charge is 0.383 e. The summed E-state index contributed by atoms with van der Waals surface area (Å²) in [6.45, 7) is 5.74. The molecule has 3 heterocycles. The molecular formula is C20H25ClN6O3S. The van der Waals surface area contributed by atoms with Gasteiger partial charge in [0.2, 0.25) is 0 Å². The fourth-order valence-electron chi connectivity index (χ4n) is 3.28. The second-order valence-electron chi connectivity index (χ2n) is 7.42. The zero-order chi connectivity index (χ0) is 22.6. The summed E-state index contributed by atoms with van der Waals surface area (Å²) in [5.41, 5.74) is 0.748. The number of sulfone groups is 1. The summed E-state index contributed by atoms with van der Waals surface area (Å²) in [6, 6.07) is 3.47. The van der Waals surface area contributed by atoms with Crippen LogP contribution in [0.15, 0.2) is 36.9 Å². The number of halogens is 1. The standard InChI is InChI=1S/C20H25ClN6O3S/c1-13(11-30-4)27-18(25-26-20(27)16-6-5-7-22-8-16)12-31(28,29)15(3)14(2)19-23-9-17(21)10-24-19/h5-10,13-15H,11-12H2,1-4H3/t13-,14+,15+/m1/s1. The first kappa shape index (κ1) is 23.2. The van der Waals surface area contributed by atoms with Crippen molar-refractivity contribution in [2.24, 2.45) is 0 Å². The molecule has 0 aromatic carbocycles. The predicted molar refractivity (Wildman–Crippen MR) is 117 cm³/mol. The summed E-state index contributed by atoms with van der Waals surface area (Å²) < 4.78 is 33.6. The highest BCUT2D eigenvalue weighted by molar-refractivity contribution is 7.91. The average molecular weight is 465 g/mol. The fraction of sp³-hybridized carbons (Fsp3) is 0.450. The summed E-state index contributed by atoms with van der Waals surface area (Å²) in [7, 11) is -2.01. The van der Waals surface area contributed by atoms with Crippen molar-refractivity contribution < 1.29 is 13.2 Å². The van der Waals surface area contributed by atoms with Gasteiger partial charge in [-0.3, -0.25) is 4.98 Å². The van der Waals surface area contributed by atoms with E-state index in [1.165, 1.54) is 12.4 Å². The van der Waals surface area contributed by atoms with Gasteiger partial charge in [-0.1, -0.05) is 18.5 Å². The fourth-order valence-corrected chi connectivity index (χ4v) is 4.94. The third-order valence-corrected chi connectivity index (χ3v) is 7.58. The molecule has 3 aromatic heterocycles. The Balaban J connectivity index is 1.93. The molecule has 0 aliphatic rings. The van der Waals surface area contributed by atoms with Crippen molar-refractivity contribution in [3.63, 3.8) is 0 Å². The Labute approximate surface area is 186 Å². The summed E-state index contributed by atoms with van der Waals surface area (Å²) in [4.78, 5) is 12.5. The zero-order valence-electron chi connectivity index (χ0n) is 17.8. The number of ether oxygens (including phenoxy) is 1.